The van der Waals surface area contributed by atoms with Gasteiger partial charge in [-0.2, -0.15) is 5.26 Å². The number of amides is 1. The molecule has 1 amide bonds. The average molecular weight is 197 g/mol. The first-order chi connectivity index (χ1) is 6.63. The predicted molar refractivity (Wildman–Crippen MR) is 50.5 cm³/mol. The van der Waals surface area contributed by atoms with E-state index in [2.05, 4.69) is 11.4 Å². The molecule has 0 bridgehead atoms. The minimum Gasteiger partial charge on any atom is -0.465 e. The molecule has 0 aromatic heterocycles. The molecule has 0 aromatic rings. The predicted octanol–water partition coefficient (Wildman–Crippen LogP) is 0.664. The van der Waals surface area contributed by atoms with E-state index in [1.165, 1.54) is 0 Å². The van der Waals surface area contributed by atoms with E-state index in [0.29, 0.717) is 12.8 Å². The smallest absolute Gasteiger partial charge is 0.404 e. The van der Waals surface area contributed by atoms with E-state index in [0.717, 1.165) is 12.8 Å². The second-order valence-corrected chi connectivity index (χ2v) is 3.75. The largest absolute Gasteiger partial charge is 0.465 e. The van der Waals surface area contributed by atoms with E-state index in [1.54, 1.807) is 0 Å². The van der Waals surface area contributed by atoms with Crippen LogP contribution >= 0.6 is 0 Å². The Balaban J connectivity index is 2.54. The number of nitrogens with one attached hydrogen (secondary N) is 1. The molecular formula is C9H15N3O2. The Hall–Kier alpha value is -1.28. The number of nitrogens with zero attached hydrogens (tertiary/aromatic N) is 1. The highest BCUT2D eigenvalue weighted by atomic mass is 16.4. The van der Waals surface area contributed by atoms with Crippen LogP contribution in [0.4, 0.5) is 4.79 Å². The summed E-state index contributed by atoms with van der Waals surface area (Å²) in [7, 11) is 0. The van der Waals surface area contributed by atoms with E-state index in [-0.39, 0.29) is 18.0 Å². The zero-order valence-corrected chi connectivity index (χ0v) is 7.94. The number of rotatable bonds is 2. The molecule has 1 saturated carbocycles. The molecule has 5 nitrogen and oxygen atoms in total. The summed E-state index contributed by atoms with van der Waals surface area (Å²) in [6.07, 6.45) is 1.71. The first-order valence-corrected chi connectivity index (χ1v) is 4.75. The van der Waals surface area contributed by atoms with Gasteiger partial charge >= 0.3 is 6.09 Å². The van der Waals surface area contributed by atoms with E-state index < -0.39 is 6.09 Å². The lowest BCUT2D eigenvalue weighted by atomic mass is 9.80. The summed E-state index contributed by atoms with van der Waals surface area (Å²) < 4.78 is 0. The van der Waals surface area contributed by atoms with Crippen LogP contribution in [0.1, 0.15) is 25.7 Å². The summed E-state index contributed by atoms with van der Waals surface area (Å²) in [6.45, 7) is 0. The average Bonchev–Trinajstić information content (AvgIpc) is 2.09. The lowest BCUT2D eigenvalue weighted by Gasteiger charge is -2.33. The molecule has 0 radical (unpaired) electrons. The molecule has 0 spiro atoms. The number of nitrogens with two attached hydrogens (primary N) is 1. The van der Waals surface area contributed by atoms with Crippen molar-refractivity contribution in [1.82, 2.24) is 5.32 Å². The van der Waals surface area contributed by atoms with Crippen LogP contribution in [-0.4, -0.2) is 23.3 Å². The summed E-state index contributed by atoms with van der Waals surface area (Å²) >= 11 is 0. The third-order valence-electron chi connectivity index (χ3n) is 2.70. The van der Waals surface area contributed by atoms with E-state index in [9.17, 15) is 4.79 Å². The molecule has 3 atom stereocenters. The Morgan fingerprint density at radius 2 is 2.36 bits per heavy atom. The number of carboxylic acid groups (broad SMARTS) is 1. The Morgan fingerprint density at radius 3 is 2.93 bits per heavy atom. The van der Waals surface area contributed by atoms with Crippen LogP contribution in [0.3, 0.4) is 0 Å². The maximum Gasteiger partial charge on any atom is 0.404 e. The van der Waals surface area contributed by atoms with Crippen molar-refractivity contribution < 1.29 is 9.90 Å². The minimum atomic E-state index is -1.04. The molecule has 1 rings (SSSR count). The molecule has 1 aliphatic rings. The maximum absolute atomic E-state index is 10.5. The quantitative estimate of drug-likeness (QED) is 0.605. The van der Waals surface area contributed by atoms with Gasteiger partial charge in [0.25, 0.3) is 0 Å². The second kappa shape index (κ2) is 4.82. The van der Waals surface area contributed by atoms with Gasteiger partial charge in [-0.25, -0.2) is 4.79 Å². The highest BCUT2D eigenvalue weighted by molar-refractivity contribution is 5.64. The highest BCUT2D eigenvalue weighted by Gasteiger charge is 2.29. The first-order valence-electron chi connectivity index (χ1n) is 4.75. The Labute approximate surface area is 82.9 Å². The van der Waals surface area contributed by atoms with E-state index >= 15 is 0 Å². The normalized spacial score (nSPS) is 31.9. The van der Waals surface area contributed by atoms with Crippen LogP contribution in [0.5, 0.6) is 0 Å². The standard InChI is InChI=1S/C9H15N3O2/c10-4-3-6-1-2-7(11)5-8(6)12-9(13)14/h6-8,12H,1-3,5,11H2,(H,13,14)/t6-,7+,8-/m1/s1. The van der Waals surface area contributed by atoms with Crippen LogP contribution in [0.2, 0.25) is 0 Å². The van der Waals surface area contributed by atoms with Crippen molar-refractivity contribution in [3.63, 3.8) is 0 Å². The van der Waals surface area contributed by atoms with Gasteiger partial charge in [0.2, 0.25) is 0 Å². The van der Waals surface area contributed by atoms with Crippen LogP contribution in [0.15, 0.2) is 0 Å². The van der Waals surface area contributed by atoms with E-state index in [4.69, 9.17) is 16.1 Å². The van der Waals surface area contributed by atoms with Gasteiger partial charge in [-0.15, -0.1) is 0 Å². The fraction of sp³-hybridized carbons (Fsp3) is 0.778. The number of hydrogen-bond acceptors (Lipinski definition) is 3. The Bertz CT molecular complexity index is 249. The van der Waals surface area contributed by atoms with Crippen molar-refractivity contribution in [3.05, 3.63) is 0 Å². The molecule has 4 N–H and O–H groups in total. The molecule has 1 fully saturated rings. The number of nitriles is 1. The maximum atomic E-state index is 10.5. The van der Waals surface area contributed by atoms with Crippen molar-refractivity contribution in [2.24, 2.45) is 11.7 Å². The van der Waals surface area contributed by atoms with Crippen molar-refractivity contribution in [2.75, 3.05) is 0 Å². The van der Waals surface area contributed by atoms with Crippen molar-refractivity contribution >= 4 is 6.09 Å². The van der Waals surface area contributed by atoms with Gasteiger partial charge in [-0.3, -0.25) is 0 Å². The summed E-state index contributed by atoms with van der Waals surface area (Å²) in [4.78, 5) is 10.5. The molecule has 0 aromatic carbocycles. The number of hydrogen-bond donors (Lipinski definition) is 3. The summed E-state index contributed by atoms with van der Waals surface area (Å²) in [5.41, 5.74) is 5.74. The summed E-state index contributed by atoms with van der Waals surface area (Å²) in [6, 6.07) is 1.98. The molecule has 5 heteroatoms. The number of carbonyl (C=O) groups is 1. The van der Waals surface area contributed by atoms with E-state index in [1.807, 2.05) is 0 Å². The van der Waals surface area contributed by atoms with Crippen molar-refractivity contribution in [3.8, 4) is 6.07 Å². The first kappa shape index (κ1) is 10.8. The van der Waals surface area contributed by atoms with Gasteiger partial charge in [0.1, 0.15) is 0 Å². The zero-order chi connectivity index (χ0) is 10.6. The van der Waals surface area contributed by atoms with Crippen molar-refractivity contribution in [1.29, 1.82) is 5.26 Å². The minimum absolute atomic E-state index is 0.0572. The SMILES string of the molecule is N#CC[C@H]1CC[C@H](N)C[C@H]1NC(=O)O. The fourth-order valence-corrected chi connectivity index (χ4v) is 1.96. The lowest BCUT2D eigenvalue weighted by Crippen LogP contribution is -2.46. The lowest BCUT2D eigenvalue weighted by molar-refractivity contribution is 0.172. The second-order valence-electron chi connectivity index (χ2n) is 3.75. The molecule has 0 heterocycles. The van der Waals surface area contributed by atoms with Crippen LogP contribution < -0.4 is 11.1 Å². The van der Waals surface area contributed by atoms with Gasteiger partial charge in [0.15, 0.2) is 0 Å². The third kappa shape index (κ3) is 2.89. The third-order valence-corrected chi connectivity index (χ3v) is 2.70. The fourth-order valence-electron chi connectivity index (χ4n) is 1.96. The van der Waals surface area contributed by atoms with Gasteiger partial charge in [-0.05, 0) is 25.2 Å². The van der Waals surface area contributed by atoms with Crippen molar-refractivity contribution in [2.45, 2.75) is 37.8 Å². The van der Waals surface area contributed by atoms with Crippen LogP contribution in [0.25, 0.3) is 0 Å². The van der Waals surface area contributed by atoms with Gasteiger partial charge in [0.05, 0.1) is 6.07 Å². The molecule has 78 valence electrons. The molecule has 14 heavy (non-hydrogen) atoms. The molecule has 1 aliphatic carbocycles. The Kier molecular flexibility index (Phi) is 3.72. The molecular weight excluding hydrogens is 182 g/mol. The Morgan fingerprint density at radius 1 is 1.64 bits per heavy atom. The summed E-state index contributed by atoms with van der Waals surface area (Å²) in [5.74, 6) is 0.121. The van der Waals surface area contributed by atoms with Crippen LogP contribution in [-0.2, 0) is 0 Å². The summed E-state index contributed by atoms with van der Waals surface area (Å²) in [5, 5.41) is 19.6. The zero-order valence-electron chi connectivity index (χ0n) is 7.94. The monoisotopic (exact) mass is 197 g/mol. The molecule has 0 aliphatic heterocycles. The van der Waals surface area contributed by atoms with Gasteiger partial charge in [-0.1, -0.05) is 0 Å². The van der Waals surface area contributed by atoms with Gasteiger partial charge in [0, 0.05) is 18.5 Å². The molecule has 0 saturated heterocycles. The molecule has 0 unspecified atom stereocenters. The van der Waals surface area contributed by atoms with Crippen LogP contribution in [0, 0.1) is 17.2 Å². The van der Waals surface area contributed by atoms with Gasteiger partial charge < -0.3 is 16.2 Å². The highest BCUT2D eigenvalue weighted by Crippen LogP contribution is 2.26. The topological polar surface area (TPSA) is 99.1 Å².